The predicted octanol–water partition coefficient (Wildman–Crippen LogP) is 4.81. The second kappa shape index (κ2) is 7.19. The van der Waals surface area contributed by atoms with Crippen LogP contribution >= 0.6 is 0 Å². The molecule has 0 saturated heterocycles. The second-order valence-corrected chi connectivity index (χ2v) is 6.54. The monoisotopic (exact) mass is 361 g/mol. The highest BCUT2D eigenvalue weighted by Crippen LogP contribution is 2.31. The SMILES string of the molecule is Cc1c(C)n(Cc2ccccn2)c2c(OCc3ccc(F)cc3)ccnc12. The summed E-state index contributed by atoms with van der Waals surface area (Å²) in [4.78, 5) is 9.01. The minimum atomic E-state index is -0.250. The Bertz CT molecular complexity index is 1070. The molecule has 0 amide bonds. The van der Waals surface area contributed by atoms with Crippen molar-refractivity contribution in [3.05, 3.63) is 89.3 Å². The van der Waals surface area contributed by atoms with E-state index in [1.807, 2.05) is 24.3 Å². The molecule has 3 heterocycles. The van der Waals surface area contributed by atoms with Crippen molar-refractivity contribution in [1.82, 2.24) is 14.5 Å². The molecule has 1 aromatic carbocycles. The molecule has 0 bridgehead atoms. The molecule has 0 atom stereocenters. The van der Waals surface area contributed by atoms with Crippen molar-refractivity contribution in [2.45, 2.75) is 27.0 Å². The number of pyridine rings is 2. The number of aryl methyl sites for hydroxylation is 1. The number of benzene rings is 1. The molecule has 5 heteroatoms. The Labute approximate surface area is 157 Å². The Hall–Kier alpha value is -3.21. The molecule has 4 rings (SSSR count). The van der Waals surface area contributed by atoms with Crippen LogP contribution in [0.5, 0.6) is 5.75 Å². The fourth-order valence-corrected chi connectivity index (χ4v) is 3.22. The summed E-state index contributed by atoms with van der Waals surface area (Å²) >= 11 is 0. The second-order valence-electron chi connectivity index (χ2n) is 6.54. The van der Waals surface area contributed by atoms with Crippen molar-refractivity contribution in [2.24, 2.45) is 0 Å². The number of nitrogens with zero attached hydrogens (tertiary/aromatic N) is 3. The highest BCUT2D eigenvalue weighted by molar-refractivity contribution is 5.86. The smallest absolute Gasteiger partial charge is 0.147 e. The van der Waals surface area contributed by atoms with Crippen LogP contribution in [0.3, 0.4) is 0 Å². The van der Waals surface area contributed by atoms with Gasteiger partial charge in [-0.25, -0.2) is 4.39 Å². The van der Waals surface area contributed by atoms with Crippen LogP contribution in [-0.2, 0) is 13.2 Å². The summed E-state index contributed by atoms with van der Waals surface area (Å²) in [5.74, 6) is 0.511. The maximum atomic E-state index is 13.1. The summed E-state index contributed by atoms with van der Waals surface area (Å²) in [6.45, 7) is 5.18. The van der Waals surface area contributed by atoms with Gasteiger partial charge >= 0.3 is 0 Å². The summed E-state index contributed by atoms with van der Waals surface area (Å²) in [5, 5.41) is 0. The maximum absolute atomic E-state index is 13.1. The van der Waals surface area contributed by atoms with Crippen LogP contribution in [-0.4, -0.2) is 14.5 Å². The van der Waals surface area contributed by atoms with Gasteiger partial charge in [0, 0.05) is 24.2 Å². The largest absolute Gasteiger partial charge is 0.487 e. The molecule has 0 spiro atoms. The zero-order valence-corrected chi connectivity index (χ0v) is 15.3. The third-order valence-corrected chi connectivity index (χ3v) is 4.81. The predicted molar refractivity (Wildman–Crippen MR) is 103 cm³/mol. The quantitative estimate of drug-likeness (QED) is 0.512. The van der Waals surface area contributed by atoms with Gasteiger partial charge in [0.2, 0.25) is 0 Å². The van der Waals surface area contributed by atoms with Gasteiger partial charge in [-0.1, -0.05) is 18.2 Å². The summed E-state index contributed by atoms with van der Waals surface area (Å²) in [7, 11) is 0. The van der Waals surface area contributed by atoms with E-state index in [2.05, 4.69) is 28.4 Å². The van der Waals surface area contributed by atoms with Gasteiger partial charge in [0.15, 0.2) is 0 Å². The van der Waals surface area contributed by atoms with Gasteiger partial charge in [0.05, 0.1) is 17.8 Å². The maximum Gasteiger partial charge on any atom is 0.147 e. The highest BCUT2D eigenvalue weighted by Gasteiger charge is 2.17. The van der Waals surface area contributed by atoms with Crippen LogP contribution in [0.15, 0.2) is 60.9 Å². The van der Waals surface area contributed by atoms with E-state index in [0.29, 0.717) is 13.2 Å². The van der Waals surface area contributed by atoms with Crippen LogP contribution in [0.25, 0.3) is 11.0 Å². The van der Waals surface area contributed by atoms with E-state index in [-0.39, 0.29) is 5.82 Å². The third kappa shape index (κ3) is 3.40. The first kappa shape index (κ1) is 17.2. The van der Waals surface area contributed by atoms with Crippen LogP contribution in [0.4, 0.5) is 4.39 Å². The number of hydrogen-bond acceptors (Lipinski definition) is 3. The lowest BCUT2D eigenvalue weighted by atomic mass is 10.2. The zero-order valence-electron chi connectivity index (χ0n) is 15.3. The average molecular weight is 361 g/mol. The number of fused-ring (bicyclic) bond motifs is 1. The summed E-state index contributed by atoms with van der Waals surface area (Å²) in [6.07, 6.45) is 3.56. The van der Waals surface area contributed by atoms with Crippen molar-refractivity contribution < 1.29 is 9.13 Å². The number of halogens is 1. The van der Waals surface area contributed by atoms with Gasteiger partial charge in [-0.2, -0.15) is 0 Å². The van der Waals surface area contributed by atoms with Gasteiger partial charge in [-0.15, -0.1) is 0 Å². The molecular weight excluding hydrogens is 341 g/mol. The van der Waals surface area contributed by atoms with Crippen molar-refractivity contribution in [3.63, 3.8) is 0 Å². The molecule has 4 nitrogen and oxygen atoms in total. The lowest BCUT2D eigenvalue weighted by Crippen LogP contribution is -2.05. The van der Waals surface area contributed by atoms with E-state index in [1.54, 1.807) is 24.5 Å². The van der Waals surface area contributed by atoms with E-state index in [0.717, 1.165) is 39.3 Å². The summed E-state index contributed by atoms with van der Waals surface area (Å²) in [6, 6.07) is 14.1. The molecule has 0 aliphatic heterocycles. The fraction of sp³-hybridized carbons (Fsp3) is 0.182. The molecule has 27 heavy (non-hydrogen) atoms. The minimum absolute atomic E-state index is 0.250. The Morgan fingerprint density at radius 2 is 1.78 bits per heavy atom. The molecule has 0 saturated carbocycles. The fourth-order valence-electron chi connectivity index (χ4n) is 3.22. The molecule has 4 aromatic rings. The number of hydrogen-bond donors (Lipinski definition) is 0. The normalized spacial score (nSPS) is 11.1. The van der Waals surface area contributed by atoms with Gasteiger partial charge in [-0.05, 0) is 49.2 Å². The Kier molecular flexibility index (Phi) is 4.59. The van der Waals surface area contributed by atoms with E-state index >= 15 is 0 Å². The van der Waals surface area contributed by atoms with E-state index in [1.165, 1.54) is 12.1 Å². The van der Waals surface area contributed by atoms with Crippen molar-refractivity contribution in [1.29, 1.82) is 0 Å². The lowest BCUT2D eigenvalue weighted by molar-refractivity contribution is 0.308. The van der Waals surface area contributed by atoms with Crippen LogP contribution in [0.2, 0.25) is 0 Å². The van der Waals surface area contributed by atoms with Gasteiger partial charge in [-0.3, -0.25) is 9.97 Å². The third-order valence-electron chi connectivity index (χ3n) is 4.81. The van der Waals surface area contributed by atoms with Crippen molar-refractivity contribution in [2.75, 3.05) is 0 Å². The molecule has 0 aliphatic rings. The lowest BCUT2D eigenvalue weighted by Gasteiger charge is -2.12. The zero-order chi connectivity index (χ0) is 18.8. The molecule has 136 valence electrons. The average Bonchev–Trinajstić information content (AvgIpc) is 2.94. The molecule has 0 unspecified atom stereocenters. The number of aromatic nitrogens is 3. The Morgan fingerprint density at radius 3 is 2.52 bits per heavy atom. The first-order valence-corrected chi connectivity index (χ1v) is 8.85. The molecular formula is C22H20FN3O. The van der Waals surface area contributed by atoms with Gasteiger partial charge < -0.3 is 9.30 Å². The molecule has 0 N–H and O–H groups in total. The summed E-state index contributed by atoms with van der Waals surface area (Å²) < 4.78 is 21.4. The highest BCUT2D eigenvalue weighted by atomic mass is 19.1. The van der Waals surface area contributed by atoms with Crippen molar-refractivity contribution in [3.8, 4) is 5.75 Å². The van der Waals surface area contributed by atoms with E-state index < -0.39 is 0 Å². The number of ether oxygens (including phenoxy) is 1. The molecule has 0 aliphatic carbocycles. The minimum Gasteiger partial charge on any atom is -0.487 e. The Morgan fingerprint density at radius 1 is 0.963 bits per heavy atom. The first-order valence-electron chi connectivity index (χ1n) is 8.85. The van der Waals surface area contributed by atoms with Gasteiger partial charge in [0.25, 0.3) is 0 Å². The topological polar surface area (TPSA) is 39.9 Å². The molecule has 3 aromatic heterocycles. The van der Waals surface area contributed by atoms with E-state index in [4.69, 9.17) is 4.74 Å². The van der Waals surface area contributed by atoms with Gasteiger partial charge in [0.1, 0.15) is 23.7 Å². The van der Waals surface area contributed by atoms with Crippen LogP contribution < -0.4 is 4.74 Å². The summed E-state index contributed by atoms with van der Waals surface area (Å²) in [5.41, 5.74) is 6.05. The van der Waals surface area contributed by atoms with Crippen molar-refractivity contribution >= 4 is 11.0 Å². The standard InChI is InChI=1S/C22H20FN3O/c1-15-16(2)26(13-19-5-3-4-11-24-19)22-20(10-12-25-21(15)22)27-14-17-6-8-18(23)9-7-17/h3-12H,13-14H2,1-2H3. The van der Waals surface area contributed by atoms with Crippen LogP contribution in [0, 0.1) is 19.7 Å². The molecule has 0 fully saturated rings. The Balaban J connectivity index is 1.72. The van der Waals surface area contributed by atoms with Crippen LogP contribution in [0.1, 0.15) is 22.5 Å². The number of rotatable bonds is 5. The first-order chi connectivity index (χ1) is 13.1. The molecule has 0 radical (unpaired) electrons. The van der Waals surface area contributed by atoms with E-state index in [9.17, 15) is 4.39 Å².